The molecule has 0 bridgehead atoms. The van der Waals surface area contributed by atoms with Crippen molar-refractivity contribution in [2.45, 2.75) is 109 Å². The van der Waals surface area contributed by atoms with Gasteiger partial charge in [0, 0.05) is 13.2 Å². The minimum Gasteiger partial charge on any atom is -0.0848 e. The van der Waals surface area contributed by atoms with Crippen LogP contribution in [0.5, 0.6) is 0 Å². The second kappa shape index (κ2) is 16.1. The van der Waals surface area contributed by atoms with Gasteiger partial charge in [0.05, 0.1) is 18.5 Å². The van der Waals surface area contributed by atoms with Gasteiger partial charge in [-0.05, 0) is 38.3 Å². The van der Waals surface area contributed by atoms with Gasteiger partial charge in [0.15, 0.2) is 0 Å². The molecule has 3 unspecified atom stereocenters. The molecule has 2 aromatic carbocycles. The van der Waals surface area contributed by atoms with Crippen LogP contribution in [-0.2, 0) is 4.90 Å². The minimum absolute atomic E-state index is 0.146. The lowest BCUT2D eigenvalue weighted by atomic mass is 9.86. The van der Waals surface area contributed by atoms with Gasteiger partial charge in [-0.2, -0.15) is 0 Å². The highest BCUT2D eigenvalue weighted by Gasteiger charge is 2.57. The Labute approximate surface area is 215 Å². The molecule has 190 valence electrons. The summed E-state index contributed by atoms with van der Waals surface area (Å²) in [4.78, 5) is 0.146. The lowest BCUT2D eigenvalue weighted by Crippen LogP contribution is -2.34. The molecule has 0 amide bonds. The van der Waals surface area contributed by atoms with Gasteiger partial charge in [0.2, 0.25) is 0 Å². The van der Waals surface area contributed by atoms with Gasteiger partial charge < -0.3 is 0 Å². The average molecular weight is 500 g/mol. The van der Waals surface area contributed by atoms with E-state index in [0.29, 0.717) is 5.92 Å². The lowest BCUT2D eigenvalue weighted by Gasteiger charge is -2.47. The molecule has 0 N–H and O–H groups in total. The number of hydrogen-bond donors (Lipinski definition) is 0. The minimum atomic E-state index is -1.22. The normalized spacial score (nSPS) is 14.6. The van der Waals surface area contributed by atoms with E-state index in [9.17, 15) is 0 Å². The van der Waals surface area contributed by atoms with Gasteiger partial charge >= 0.3 is 0 Å². The number of unbranched alkanes of at least 4 members (excludes halogenated alkanes) is 9. The Kier molecular flexibility index (Phi) is 14.0. The number of benzene rings is 2. The molecule has 0 saturated carbocycles. The van der Waals surface area contributed by atoms with E-state index in [1.807, 2.05) is 0 Å². The molecule has 2 rings (SSSR count). The zero-order valence-electron chi connectivity index (χ0n) is 22.8. The van der Waals surface area contributed by atoms with Crippen molar-refractivity contribution in [2.24, 2.45) is 0 Å². The Bertz CT molecular complexity index is 745. The molecular formula is C32H53P2+. The van der Waals surface area contributed by atoms with Crippen molar-refractivity contribution < 1.29 is 0 Å². The Balaban J connectivity index is 2.19. The van der Waals surface area contributed by atoms with Crippen LogP contribution in [0.3, 0.4) is 0 Å². The average Bonchev–Trinajstić information content (AvgIpc) is 2.89. The molecule has 0 aromatic heterocycles. The van der Waals surface area contributed by atoms with E-state index in [2.05, 4.69) is 97.6 Å². The van der Waals surface area contributed by atoms with E-state index in [1.54, 1.807) is 5.56 Å². The first kappa shape index (κ1) is 29.5. The van der Waals surface area contributed by atoms with E-state index in [0.717, 1.165) is 0 Å². The molecule has 0 nitrogen and oxygen atoms in total. The zero-order valence-corrected chi connectivity index (χ0v) is 24.8. The van der Waals surface area contributed by atoms with Crippen molar-refractivity contribution in [1.29, 1.82) is 0 Å². The van der Waals surface area contributed by atoms with E-state index in [4.69, 9.17) is 0 Å². The number of hydrogen-bond acceptors (Lipinski definition) is 0. The Hall–Kier alpha value is -0.700. The van der Waals surface area contributed by atoms with Crippen LogP contribution in [-0.4, -0.2) is 18.5 Å². The van der Waals surface area contributed by atoms with Crippen LogP contribution in [0.2, 0.25) is 0 Å². The van der Waals surface area contributed by atoms with E-state index < -0.39 is 7.26 Å². The summed E-state index contributed by atoms with van der Waals surface area (Å²) >= 11 is 0. The van der Waals surface area contributed by atoms with Gasteiger partial charge in [0.25, 0.3) is 0 Å². The second-order valence-corrected chi connectivity index (χ2v) is 16.5. The molecule has 3 atom stereocenters. The summed E-state index contributed by atoms with van der Waals surface area (Å²) in [6.45, 7) is 9.69. The van der Waals surface area contributed by atoms with Gasteiger partial charge in [0.1, 0.15) is 4.90 Å². The highest BCUT2D eigenvalue weighted by molar-refractivity contribution is 7.81. The maximum atomic E-state index is 3.51. The summed E-state index contributed by atoms with van der Waals surface area (Å²) in [6, 6.07) is 23.0. The van der Waals surface area contributed by atoms with Crippen molar-refractivity contribution >= 4 is 16.5 Å². The summed E-state index contributed by atoms with van der Waals surface area (Å²) in [5.41, 5.74) is 3.08. The van der Waals surface area contributed by atoms with Crippen molar-refractivity contribution in [3.8, 4) is 0 Å². The topological polar surface area (TPSA) is 0 Å². The third kappa shape index (κ3) is 7.65. The van der Waals surface area contributed by atoms with Crippen molar-refractivity contribution in [3.05, 3.63) is 71.8 Å². The highest BCUT2D eigenvalue weighted by atomic mass is 31.2. The van der Waals surface area contributed by atoms with Crippen LogP contribution < -0.4 is 0 Å². The molecule has 0 heterocycles. The van der Waals surface area contributed by atoms with Crippen LogP contribution in [0, 0.1) is 0 Å². The molecule has 0 spiro atoms. The standard InChI is InChI=1S/C32H53P2/c1-5-9-10-11-12-13-14-15-16-23-28-31(29-24-19-17-20-25-29)32(33,30-26-21-18-22-27-30)34(6-2,7-3)8-4/h17-22,24-27,31H,5-16,23,28,33H2,1-4H3/q+1. The summed E-state index contributed by atoms with van der Waals surface area (Å²) < 4.78 is 0. The fraction of sp³-hybridized carbons (Fsp3) is 0.625. The molecule has 0 radical (unpaired) electrons. The lowest BCUT2D eigenvalue weighted by molar-refractivity contribution is 0.502. The highest BCUT2D eigenvalue weighted by Crippen LogP contribution is 2.79. The SMILES string of the molecule is CCCCCCCCCCCCC(c1ccccc1)C(P)(c1ccccc1)[P+](CC)(CC)CC. The fourth-order valence-corrected chi connectivity index (χ4v) is 12.9. The van der Waals surface area contributed by atoms with Crippen molar-refractivity contribution in [2.75, 3.05) is 18.5 Å². The van der Waals surface area contributed by atoms with Gasteiger partial charge in [-0.1, -0.05) is 141 Å². The van der Waals surface area contributed by atoms with Crippen molar-refractivity contribution in [1.82, 2.24) is 0 Å². The maximum Gasteiger partial charge on any atom is 0.123 e. The summed E-state index contributed by atoms with van der Waals surface area (Å²) in [6.07, 6.45) is 19.3. The van der Waals surface area contributed by atoms with Crippen LogP contribution in [0.1, 0.15) is 115 Å². The summed E-state index contributed by atoms with van der Waals surface area (Å²) in [5.74, 6) is 0.559. The molecule has 0 aliphatic heterocycles. The fourth-order valence-electron chi connectivity index (χ4n) is 6.13. The first-order valence-electron chi connectivity index (χ1n) is 14.3. The molecule has 34 heavy (non-hydrogen) atoms. The van der Waals surface area contributed by atoms with E-state index in [-0.39, 0.29) is 4.90 Å². The molecule has 0 aliphatic carbocycles. The maximum absolute atomic E-state index is 3.51. The third-order valence-corrected chi connectivity index (χ3v) is 16.6. The molecule has 2 heteroatoms. The van der Waals surface area contributed by atoms with Gasteiger partial charge in [-0.3, -0.25) is 0 Å². The summed E-state index contributed by atoms with van der Waals surface area (Å²) in [5, 5.41) is 0. The Morgan fingerprint density at radius 3 is 1.53 bits per heavy atom. The smallest absolute Gasteiger partial charge is 0.0848 e. The molecule has 0 fully saturated rings. The first-order valence-corrected chi connectivity index (χ1v) is 17.3. The van der Waals surface area contributed by atoms with Crippen molar-refractivity contribution in [3.63, 3.8) is 0 Å². The molecule has 0 aliphatic rings. The monoisotopic (exact) mass is 499 g/mol. The van der Waals surface area contributed by atoms with Crippen LogP contribution in [0.15, 0.2) is 60.7 Å². The van der Waals surface area contributed by atoms with Crippen LogP contribution in [0.4, 0.5) is 0 Å². The predicted octanol–water partition coefficient (Wildman–Crippen LogP) is 10.9. The zero-order chi connectivity index (χ0) is 24.7. The van der Waals surface area contributed by atoms with Crippen LogP contribution in [0.25, 0.3) is 0 Å². The first-order chi connectivity index (χ1) is 16.6. The van der Waals surface area contributed by atoms with E-state index >= 15 is 0 Å². The molecule has 0 saturated heterocycles. The van der Waals surface area contributed by atoms with Crippen LogP contribution >= 0.6 is 16.5 Å². The predicted molar refractivity (Wildman–Crippen MR) is 162 cm³/mol. The van der Waals surface area contributed by atoms with E-state index in [1.165, 1.54) is 94.7 Å². The largest absolute Gasteiger partial charge is 0.123 e. The van der Waals surface area contributed by atoms with Gasteiger partial charge in [-0.25, -0.2) is 0 Å². The quantitative estimate of drug-likeness (QED) is 0.141. The molecular weight excluding hydrogens is 446 g/mol. The third-order valence-electron chi connectivity index (χ3n) is 8.42. The van der Waals surface area contributed by atoms with Gasteiger partial charge in [-0.15, -0.1) is 0 Å². The summed E-state index contributed by atoms with van der Waals surface area (Å²) in [7, 11) is 2.29. The second-order valence-electron chi connectivity index (χ2n) is 10.2. The number of rotatable bonds is 18. The Morgan fingerprint density at radius 1 is 0.618 bits per heavy atom. The Morgan fingerprint density at radius 2 is 1.06 bits per heavy atom. The molecule has 2 aromatic rings.